The molecule has 2 aromatic carbocycles. The van der Waals surface area contributed by atoms with Crippen molar-refractivity contribution in [3.05, 3.63) is 78.0 Å². The molecule has 1 N–H and O–H groups in total. The van der Waals surface area contributed by atoms with Gasteiger partial charge in [0.2, 0.25) is 0 Å². The van der Waals surface area contributed by atoms with Gasteiger partial charge in [-0.25, -0.2) is 9.78 Å². The zero-order valence-electron chi connectivity index (χ0n) is 16.0. The Kier molecular flexibility index (Phi) is 5.42. The molecule has 0 fully saturated rings. The van der Waals surface area contributed by atoms with E-state index < -0.39 is 0 Å². The zero-order valence-corrected chi connectivity index (χ0v) is 16.0. The van der Waals surface area contributed by atoms with Crippen molar-refractivity contribution in [2.45, 2.75) is 0 Å². The maximum atomic E-state index is 12.8. The van der Waals surface area contributed by atoms with Crippen LogP contribution in [0.4, 0.5) is 16.3 Å². The number of methoxy groups -OCH3 is 1. The Balaban J connectivity index is 1.54. The standard InChI is InChI=1S/C23H21N3O3/c1-28-20-12-8-17(9-13-20)7-10-19-11-14-21-22(24-19)26(15-16-29-21)23(27)25-18-5-3-2-4-6-18/h2-14H,15-16H2,1H3,(H,25,27). The molecule has 2 heterocycles. The lowest BCUT2D eigenvalue weighted by Crippen LogP contribution is -2.41. The minimum Gasteiger partial charge on any atom is -0.497 e. The van der Waals surface area contributed by atoms with E-state index in [4.69, 9.17) is 9.47 Å². The Morgan fingerprint density at radius 2 is 1.86 bits per heavy atom. The van der Waals surface area contributed by atoms with Crippen molar-refractivity contribution in [1.29, 1.82) is 0 Å². The monoisotopic (exact) mass is 387 g/mol. The van der Waals surface area contributed by atoms with Gasteiger partial charge < -0.3 is 14.8 Å². The number of rotatable bonds is 4. The predicted molar refractivity (Wildman–Crippen MR) is 114 cm³/mol. The van der Waals surface area contributed by atoms with Crippen LogP contribution in [0.3, 0.4) is 0 Å². The molecule has 2 amide bonds. The van der Waals surface area contributed by atoms with Gasteiger partial charge >= 0.3 is 6.03 Å². The van der Waals surface area contributed by atoms with E-state index in [0.717, 1.165) is 22.7 Å². The van der Waals surface area contributed by atoms with Crippen molar-refractivity contribution < 1.29 is 14.3 Å². The number of para-hydroxylation sites is 1. The fourth-order valence-electron chi connectivity index (χ4n) is 3.01. The van der Waals surface area contributed by atoms with Crippen molar-refractivity contribution in [1.82, 2.24) is 4.98 Å². The number of hydrogen-bond donors (Lipinski definition) is 1. The molecule has 6 nitrogen and oxygen atoms in total. The second-order valence-corrected chi connectivity index (χ2v) is 6.46. The quantitative estimate of drug-likeness (QED) is 0.705. The largest absolute Gasteiger partial charge is 0.497 e. The van der Waals surface area contributed by atoms with Gasteiger partial charge in [-0.15, -0.1) is 0 Å². The molecular formula is C23H21N3O3. The summed E-state index contributed by atoms with van der Waals surface area (Å²) in [5.41, 5.74) is 2.50. The van der Waals surface area contributed by atoms with Gasteiger partial charge in [-0.3, -0.25) is 4.90 Å². The third-order valence-electron chi connectivity index (χ3n) is 4.52. The van der Waals surface area contributed by atoms with Crippen LogP contribution in [0.15, 0.2) is 66.7 Å². The first kappa shape index (κ1) is 18.6. The molecule has 1 aliphatic rings. The number of benzene rings is 2. The minimum atomic E-state index is -0.232. The lowest BCUT2D eigenvalue weighted by molar-refractivity contribution is 0.249. The smallest absolute Gasteiger partial charge is 0.327 e. The van der Waals surface area contributed by atoms with E-state index in [0.29, 0.717) is 24.7 Å². The zero-order chi connectivity index (χ0) is 20.1. The fraction of sp³-hybridized carbons (Fsp3) is 0.130. The van der Waals surface area contributed by atoms with Gasteiger partial charge in [0.25, 0.3) is 0 Å². The molecule has 1 aromatic heterocycles. The van der Waals surface area contributed by atoms with Crippen LogP contribution in [0.1, 0.15) is 11.3 Å². The lowest BCUT2D eigenvalue weighted by Gasteiger charge is -2.28. The highest BCUT2D eigenvalue weighted by molar-refractivity contribution is 6.02. The minimum absolute atomic E-state index is 0.232. The molecule has 0 saturated carbocycles. The molecule has 0 bridgehead atoms. The first-order chi connectivity index (χ1) is 14.2. The SMILES string of the molecule is COc1ccc(C=Cc2ccc3c(n2)N(C(=O)Nc2ccccc2)CCO3)cc1. The van der Waals surface area contributed by atoms with Crippen molar-refractivity contribution in [2.75, 3.05) is 30.5 Å². The van der Waals surface area contributed by atoms with E-state index in [1.54, 1.807) is 12.0 Å². The summed E-state index contributed by atoms with van der Waals surface area (Å²) in [6, 6.07) is 20.6. The van der Waals surface area contributed by atoms with E-state index in [1.807, 2.05) is 78.9 Å². The Labute approximate surface area is 169 Å². The normalized spacial score (nSPS) is 12.9. The average molecular weight is 387 g/mol. The predicted octanol–water partition coefficient (Wildman–Crippen LogP) is 4.69. The number of carbonyl (C=O) groups excluding carboxylic acids is 1. The van der Waals surface area contributed by atoms with Gasteiger partial charge in [0.1, 0.15) is 12.4 Å². The van der Waals surface area contributed by atoms with Crippen LogP contribution in [-0.4, -0.2) is 31.3 Å². The summed E-state index contributed by atoms with van der Waals surface area (Å²) in [5, 5.41) is 2.90. The van der Waals surface area contributed by atoms with Crippen LogP contribution >= 0.6 is 0 Å². The van der Waals surface area contributed by atoms with Crippen LogP contribution in [0.25, 0.3) is 12.2 Å². The number of urea groups is 1. The molecule has 6 heteroatoms. The van der Waals surface area contributed by atoms with Crippen molar-refractivity contribution in [3.63, 3.8) is 0 Å². The Morgan fingerprint density at radius 1 is 1.07 bits per heavy atom. The number of fused-ring (bicyclic) bond motifs is 1. The third kappa shape index (κ3) is 4.38. The third-order valence-corrected chi connectivity index (χ3v) is 4.52. The topological polar surface area (TPSA) is 63.7 Å². The number of carbonyl (C=O) groups is 1. The number of aromatic nitrogens is 1. The van der Waals surface area contributed by atoms with Gasteiger partial charge in [-0.1, -0.05) is 36.4 Å². The fourth-order valence-corrected chi connectivity index (χ4v) is 3.01. The second-order valence-electron chi connectivity index (χ2n) is 6.46. The van der Waals surface area contributed by atoms with Crippen LogP contribution in [0.5, 0.6) is 11.5 Å². The Bertz CT molecular complexity index is 1020. The van der Waals surface area contributed by atoms with Gasteiger partial charge in [0.05, 0.1) is 19.3 Å². The average Bonchev–Trinajstić information content (AvgIpc) is 2.78. The van der Waals surface area contributed by atoms with Crippen molar-refractivity contribution in [2.24, 2.45) is 0 Å². The van der Waals surface area contributed by atoms with Gasteiger partial charge in [-0.05, 0) is 48.0 Å². The summed E-state index contributed by atoms with van der Waals surface area (Å²) in [7, 11) is 1.64. The molecule has 0 unspecified atom stereocenters. The Hall–Kier alpha value is -3.80. The summed E-state index contributed by atoms with van der Waals surface area (Å²) in [6.07, 6.45) is 3.87. The lowest BCUT2D eigenvalue weighted by atomic mass is 10.2. The Morgan fingerprint density at radius 3 is 2.62 bits per heavy atom. The second kappa shape index (κ2) is 8.48. The molecule has 0 atom stereocenters. The number of pyridine rings is 1. The van der Waals surface area contributed by atoms with Crippen LogP contribution in [-0.2, 0) is 0 Å². The number of nitrogens with zero attached hydrogens (tertiary/aromatic N) is 2. The van der Waals surface area contributed by atoms with E-state index >= 15 is 0 Å². The van der Waals surface area contributed by atoms with Crippen LogP contribution in [0.2, 0.25) is 0 Å². The highest BCUT2D eigenvalue weighted by atomic mass is 16.5. The first-order valence-electron chi connectivity index (χ1n) is 9.32. The van der Waals surface area contributed by atoms with E-state index in [2.05, 4.69) is 10.3 Å². The maximum absolute atomic E-state index is 12.8. The highest BCUT2D eigenvalue weighted by Gasteiger charge is 2.25. The number of amides is 2. The van der Waals surface area contributed by atoms with Crippen molar-refractivity contribution >= 4 is 29.7 Å². The number of anilines is 2. The molecule has 0 aliphatic carbocycles. The van der Waals surface area contributed by atoms with E-state index in [9.17, 15) is 4.79 Å². The molecule has 1 aliphatic heterocycles. The van der Waals surface area contributed by atoms with Gasteiger partial charge in [0, 0.05) is 5.69 Å². The molecule has 29 heavy (non-hydrogen) atoms. The molecule has 0 saturated heterocycles. The number of ether oxygens (including phenoxy) is 2. The number of nitrogens with one attached hydrogen (secondary N) is 1. The number of hydrogen-bond acceptors (Lipinski definition) is 4. The first-order valence-corrected chi connectivity index (χ1v) is 9.32. The molecule has 0 spiro atoms. The summed E-state index contributed by atoms with van der Waals surface area (Å²) in [6.45, 7) is 0.863. The van der Waals surface area contributed by atoms with E-state index in [-0.39, 0.29) is 6.03 Å². The van der Waals surface area contributed by atoms with Crippen molar-refractivity contribution in [3.8, 4) is 11.5 Å². The molecule has 3 aromatic rings. The van der Waals surface area contributed by atoms with E-state index in [1.165, 1.54) is 0 Å². The van der Waals surface area contributed by atoms with Crippen LogP contribution < -0.4 is 19.7 Å². The summed E-state index contributed by atoms with van der Waals surface area (Å²) < 4.78 is 10.9. The maximum Gasteiger partial charge on any atom is 0.327 e. The summed E-state index contributed by atoms with van der Waals surface area (Å²) in [5.74, 6) is 1.92. The highest BCUT2D eigenvalue weighted by Crippen LogP contribution is 2.30. The molecular weight excluding hydrogens is 366 g/mol. The molecule has 4 rings (SSSR count). The summed E-state index contributed by atoms with van der Waals surface area (Å²) in [4.78, 5) is 19.0. The van der Waals surface area contributed by atoms with Gasteiger partial charge in [-0.2, -0.15) is 0 Å². The van der Waals surface area contributed by atoms with Gasteiger partial charge in [0.15, 0.2) is 11.6 Å². The van der Waals surface area contributed by atoms with Crippen LogP contribution in [0, 0.1) is 0 Å². The molecule has 146 valence electrons. The molecule has 0 radical (unpaired) electrons. The summed E-state index contributed by atoms with van der Waals surface area (Å²) >= 11 is 0.